The average Bonchev–Trinajstić information content (AvgIpc) is 3.44. The normalized spacial score (nSPS) is 13.0. The van der Waals surface area contributed by atoms with Gasteiger partial charge in [-0.15, -0.1) is 5.10 Å². The van der Waals surface area contributed by atoms with Crippen LogP contribution < -0.4 is 19.5 Å². The Morgan fingerprint density at radius 1 is 1.07 bits per heavy atom. The van der Waals surface area contributed by atoms with Crippen LogP contribution in [0.4, 0.5) is 20.3 Å². The molecular formula is C30H25F2N7O4. The number of halogens is 2. The van der Waals surface area contributed by atoms with Crippen molar-refractivity contribution in [2.75, 3.05) is 25.5 Å². The molecule has 0 spiro atoms. The van der Waals surface area contributed by atoms with Crippen LogP contribution in [0.2, 0.25) is 0 Å². The van der Waals surface area contributed by atoms with Crippen molar-refractivity contribution in [3.63, 3.8) is 0 Å². The maximum Gasteiger partial charge on any atom is 0.282 e. The van der Waals surface area contributed by atoms with E-state index >= 15 is 4.39 Å². The summed E-state index contributed by atoms with van der Waals surface area (Å²) in [4.78, 5) is 25.9. The Morgan fingerprint density at radius 2 is 1.91 bits per heavy atom. The highest BCUT2D eigenvalue weighted by Crippen LogP contribution is 2.37. The summed E-state index contributed by atoms with van der Waals surface area (Å²) in [7, 11) is 1.49. The van der Waals surface area contributed by atoms with Crippen LogP contribution in [-0.4, -0.2) is 61.8 Å². The van der Waals surface area contributed by atoms with Crippen molar-refractivity contribution in [2.45, 2.75) is 13.0 Å². The summed E-state index contributed by atoms with van der Waals surface area (Å²) in [6.45, 7) is 5.33. The highest BCUT2D eigenvalue weighted by Gasteiger charge is 2.34. The Kier molecular flexibility index (Phi) is 7.28. The molecule has 0 unspecified atom stereocenters. The van der Waals surface area contributed by atoms with Crippen LogP contribution >= 0.6 is 0 Å². The van der Waals surface area contributed by atoms with Crippen LogP contribution in [0.15, 0.2) is 79.7 Å². The Morgan fingerprint density at radius 3 is 2.63 bits per heavy atom. The summed E-state index contributed by atoms with van der Waals surface area (Å²) in [6.07, 6.45) is 4.40. The molecule has 0 saturated carbocycles. The number of benzene rings is 2. The molecule has 0 aliphatic carbocycles. The van der Waals surface area contributed by atoms with Gasteiger partial charge in [0.1, 0.15) is 29.8 Å². The summed E-state index contributed by atoms with van der Waals surface area (Å²) >= 11 is 0. The minimum absolute atomic E-state index is 0.154. The lowest BCUT2D eigenvalue weighted by Gasteiger charge is -2.38. The number of amides is 1. The lowest BCUT2D eigenvalue weighted by atomic mass is 10.1. The first-order valence-corrected chi connectivity index (χ1v) is 13.1. The van der Waals surface area contributed by atoms with Crippen LogP contribution in [0.3, 0.4) is 0 Å². The highest BCUT2D eigenvalue weighted by molar-refractivity contribution is 5.93. The van der Waals surface area contributed by atoms with Crippen molar-refractivity contribution in [3.8, 4) is 28.8 Å². The zero-order valence-electron chi connectivity index (χ0n) is 23.1. The molecule has 1 fully saturated rings. The summed E-state index contributed by atoms with van der Waals surface area (Å²) in [5.41, 5.74) is 2.34. The Balaban J connectivity index is 1.18. The number of carbonyl (C=O) groups excluding carboxylic acids is 1. The van der Waals surface area contributed by atoms with E-state index in [0.717, 1.165) is 11.4 Å². The molecule has 4 heterocycles. The standard InChI is InChI=1S/C30H25F2N7O4/c1-17-4-5-19(13-33-17)39-9-8-28(37-39)43-20-6-7-24(23(32)10-20)36-29-22-11-27(26(41-3)12-25(22)34-16-35-29)42-21-14-38(15-21)30(40)18(2)31/h4-13,16,21H,2,14-15H2,1,3H3,(H,34,35,36). The van der Waals surface area contributed by atoms with Crippen molar-refractivity contribution in [1.82, 2.24) is 29.6 Å². The molecule has 1 N–H and O–H groups in total. The molecule has 1 saturated heterocycles. The topological polar surface area (TPSA) is 117 Å². The van der Waals surface area contributed by atoms with Gasteiger partial charge in [-0.2, -0.15) is 0 Å². The molecule has 0 bridgehead atoms. The van der Waals surface area contributed by atoms with Gasteiger partial charge in [-0.3, -0.25) is 9.78 Å². The zero-order chi connectivity index (χ0) is 30.1. The number of rotatable bonds is 9. The lowest BCUT2D eigenvalue weighted by Crippen LogP contribution is -2.56. The van der Waals surface area contributed by atoms with Crippen LogP contribution in [0, 0.1) is 12.7 Å². The van der Waals surface area contributed by atoms with Crippen LogP contribution in [0.1, 0.15) is 5.69 Å². The lowest BCUT2D eigenvalue weighted by molar-refractivity contribution is -0.137. The number of likely N-dealkylation sites (tertiary alicyclic amines) is 1. The van der Waals surface area contributed by atoms with Gasteiger partial charge < -0.3 is 24.4 Å². The number of anilines is 2. The quantitative estimate of drug-likeness (QED) is 0.231. The van der Waals surface area contributed by atoms with Gasteiger partial charge in [-0.1, -0.05) is 6.58 Å². The van der Waals surface area contributed by atoms with Gasteiger partial charge in [0.25, 0.3) is 5.91 Å². The van der Waals surface area contributed by atoms with Crippen LogP contribution in [-0.2, 0) is 4.79 Å². The minimum Gasteiger partial charge on any atom is -0.493 e. The van der Waals surface area contributed by atoms with E-state index in [2.05, 4.69) is 31.9 Å². The number of nitrogens with zero attached hydrogens (tertiary/aromatic N) is 6. The molecule has 2 aromatic carbocycles. The summed E-state index contributed by atoms with van der Waals surface area (Å²) < 4.78 is 47.2. The number of pyridine rings is 1. The van der Waals surface area contributed by atoms with Gasteiger partial charge in [0.15, 0.2) is 17.3 Å². The molecule has 3 aromatic heterocycles. The molecule has 1 aliphatic rings. The molecule has 6 rings (SSSR count). The molecular weight excluding hydrogens is 560 g/mol. The van der Waals surface area contributed by atoms with E-state index < -0.39 is 17.6 Å². The van der Waals surface area contributed by atoms with E-state index in [4.69, 9.17) is 14.2 Å². The third-order valence-electron chi connectivity index (χ3n) is 6.72. The predicted molar refractivity (Wildman–Crippen MR) is 153 cm³/mol. The van der Waals surface area contributed by atoms with Crippen LogP contribution in [0.5, 0.6) is 23.1 Å². The molecule has 0 radical (unpaired) electrons. The molecule has 1 aliphatic heterocycles. The first-order chi connectivity index (χ1) is 20.8. The predicted octanol–water partition coefficient (Wildman–Crippen LogP) is 5.28. The van der Waals surface area contributed by atoms with Gasteiger partial charge in [-0.05, 0) is 37.3 Å². The second-order valence-electron chi connectivity index (χ2n) is 9.72. The summed E-state index contributed by atoms with van der Waals surface area (Å²) in [6, 6.07) is 13.1. The van der Waals surface area contributed by atoms with Gasteiger partial charge in [0, 0.05) is 35.5 Å². The van der Waals surface area contributed by atoms with E-state index in [1.54, 1.807) is 41.3 Å². The van der Waals surface area contributed by atoms with Gasteiger partial charge in [0.2, 0.25) is 5.88 Å². The fraction of sp³-hybridized carbons (Fsp3) is 0.167. The number of methoxy groups -OCH3 is 1. The molecule has 43 heavy (non-hydrogen) atoms. The fourth-order valence-corrected chi connectivity index (χ4v) is 4.45. The Bertz CT molecular complexity index is 1840. The molecule has 1 amide bonds. The van der Waals surface area contributed by atoms with E-state index in [9.17, 15) is 9.18 Å². The van der Waals surface area contributed by atoms with Gasteiger partial charge in [0.05, 0.1) is 43.3 Å². The van der Waals surface area contributed by atoms with E-state index in [1.165, 1.54) is 30.5 Å². The molecule has 11 nitrogen and oxygen atoms in total. The van der Waals surface area contributed by atoms with Gasteiger partial charge >= 0.3 is 0 Å². The van der Waals surface area contributed by atoms with E-state index in [0.29, 0.717) is 28.2 Å². The molecule has 5 aromatic rings. The van der Waals surface area contributed by atoms with Gasteiger partial charge in [-0.25, -0.2) is 23.4 Å². The Hall–Kier alpha value is -5.59. The number of carbonyl (C=O) groups is 1. The number of aromatic nitrogens is 5. The third kappa shape index (κ3) is 5.77. The number of hydrogen-bond acceptors (Lipinski definition) is 9. The first-order valence-electron chi connectivity index (χ1n) is 13.1. The number of aryl methyl sites for hydroxylation is 1. The van der Waals surface area contributed by atoms with Crippen molar-refractivity contribution in [2.24, 2.45) is 0 Å². The van der Waals surface area contributed by atoms with Crippen LogP contribution in [0.25, 0.3) is 16.6 Å². The summed E-state index contributed by atoms with van der Waals surface area (Å²) in [5.74, 6) is -0.712. The van der Waals surface area contributed by atoms with E-state index in [-0.39, 0.29) is 36.5 Å². The zero-order valence-corrected chi connectivity index (χ0v) is 23.1. The Labute approximate surface area is 244 Å². The second kappa shape index (κ2) is 11.4. The molecule has 13 heteroatoms. The minimum atomic E-state index is -1.02. The average molecular weight is 586 g/mol. The smallest absolute Gasteiger partial charge is 0.282 e. The first kappa shape index (κ1) is 27.6. The largest absolute Gasteiger partial charge is 0.493 e. The van der Waals surface area contributed by atoms with Crippen molar-refractivity contribution in [1.29, 1.82) is 0 Å². The van der Waals surface area contributed by atoms with Crippen molar-refractivity contribution < 1.29 is 27.8 Å². The number of ether oxygens (including phenoxy) is 3. The monoisotopic (exact) mass is 585 g/mol. The number of nitrogens with one attached hydrogen (secondary N) is 1. The SMILES string of the molecule is C=C(F)C(=O)N1CC(Oc2cc3c(Nc4ccc(Oc5ccn(-c6ccc(C)nc6)n5)cc4F)ncnc3cc2OC)C1. The third-order valence-corrected chi connectivity index (χ3v) is 6.72. The number of fused-ring (bicyclic) bond motifs is 1. The van der Waals surface area contributed by atoms with Crippen molar-refractivity contribution >= 4 is 28.3 Å². The fourth-order valence-electron chi connectivity index (χ4n) is 4.45. The second-order valence-corrected chi connectivity index (χ2v) is 9.72. The van der Waals surface area contributed by atoms with E-state index in [1.807, 2.05) is 19.1 Å². The molecule has 218 valence electrons. The maximum atomic E-state index is 15.2. The number of hydrogen-bond donors (Lipinski definition) is 1. The molecule has 0 atom stereocenters. The van der Waals surface area contributed by atoms with Crippen molar-refractivity contribution in [3.05, 3.63) is 91.2 Å². The highest BCUT2D eigenvalue weighted by atomic mass is 19.1. The maximum absolute atomic E-state index is 15.2. The summed E-state index contributed by atoms with van der Waals surface area (Å²) in [5, 5.41) is 7.92.